The molecule has 3 rings (SSSR count). The zero-order valence-corrected chi connectivity index (χ0v) is 13.8. The van der Waals surface area contributed by atoms with Gasteiger partial charge in [0.1, 0.15) is 0 Å². The molecular formula is C16H23N3O3S. The van der Waals surface area contributed by atoms with Gasteiger partial charge in [0.15, 0.2) is 0 Å². The number of hydrogen-bond donors (Lipinski definition) is 3. The van der Waals surface area contributed by atoms with Crippen molar-refractivity contribution in [3.05, 3.63) is 29.8 Å². The standard InChI is InChI=1S/C16H23N3O3S/c17-10-12-4-2-6-15(12)18-16(20)11-3-1-5-14(9-11)23(21,22)19-13-7-8-13/h1,3,5,9,12-13,15,19H,2,4,6-8,10,17H2,(H,18,20). The molecule has 0 aliphatic heterocycles. The number of benzene rings is 1. The molecule has 1 aromatic rings. The molecule has 7 heteroatoms. The van der Waals surface area contributed by atoms with Gasteiger partial charge in [0.25, 0.3) is 5.91 Å². The van der Waals surface area contributed by atoms with Crippen LogP contribution in [-0.4, -0.2) is 33.0 Å². The van der Waals surface area contributed by atoms with E-state index in [1.54, 1.807) is 12.1 Å². The lowest BCUT2D eigenvalue weighted by Gasteiger charge is -2.19. The largest absolute Gasteiger partial charge is 0.349 e. The van der Waals surface area contributed by atoms with Gasteiger partial charge in [-0.3, -0.25) is 4.79 Å². The van der Waals surface area contributed by atoms with Crippen molar-refractivity contribution in [3.8, 4) is 0 Å². The lowest BCUT2D eigenvalue weighted by atomic mass is 10.0. The first-order chi connectivity index (χ1) is 11.0. The number of nitrogens with two attached hydrogens (primary N) is 1. The summed E-state index contributed by atoms with van der Waals surface area (Å²) < 4.78 is 27.1. The fourth-order valence-electron chi connectivity index (χ4n) is 3.05. The van der Waals surface area contributed by atoms with Gasteiger partial charge in [-0.15, -0.1) is 0 Å². The monoisotopic (exact) mass is 337 g/mol. The Bertz CT molecular complexity index is 686. The van der Waals surface area contributed by atoms with E-state index in [0.717, 1.165) is 32.1 Å². The minimum Gasteiger partial charge on any atom is -0.349 e. The second kappa shape index (κ2) is 6.59. The summed E-state index contributed by atoms with van der Waals surface area (Å²) in [6, 6.07) is 6.31. The van der Waals surface area contributed by atoms with Crippen LogP contribution < -0.4 is 15.8 Å². The summed E-state index contributed by atoms with van der Waals surface area (Å²) in [5.74, 6) is 0.0706. The Labute approximate surface area is 136 Å². The van der Waals surface area contributed by atoms with Gasteiger partial charge in [0, 0.05) is 17.6 Å². The Balaban J connectivity index is 1.72. The first kappa shape index (κ1) is 16.4. The SMILES string of the molecule is NCC1CCCC1NC(=O)c1cccc(S(=O)(=O)NC2CC2)c1. The molecule has 0 spiro atoms. The molecule has 1 aromatic carbocycles. The number of hydrogen-bond acceptors (Lipinski definition) is 4. The summed E-state index contributed by atoms with van der Waals surface area (Å²) >= 11 is 0. The highest BCUT2D eigenvalue weighted by atomic mass is 32.2. The van der Waals surface area contributed by atoms with E-state index in [4.69, 9.17) is 5.73 Å². The van der Waals surface area contributed by atoms with Gasteiger partial charge in [0.2, 0.25) is 10.0 Å². The van der Waals surface area contributed by atoms with Gasteiger partial charge in [-0.25, -0.2) is 13.1 Å². The molecule has 2 aliphatic rings. The summed E-state index contributed by atoms with van der Waals surface area (Å²) in [6.07, 6.45) is 4.77. The van der Waals surface area contributed by atoms with Crippen LogP contribution in [0.1, 0.15) is 42.5 Å². The number of nitrogens with one attached hydrogen (secondary N) is 2. The van der Waals surface area contributed by atoms with E-state index in [1.165, 1.54) is 12.1 Å². The van der Waals surface area contributed by atoms with Crippen LogP contribution in [0.5, 0.6) is 0 Å². The zero-order valence-electron chi connectivity index (χ0n) is 13.0. The maximum absolute atomic E-state index is 12.4. The zero-order chi connectivity index (χ0) is 16.4. The second-order valence-corrected chi connectivity index (χ2v) is 8.14. The molecule has 0 saturated heterocycles. The minimum absolute atomic E-state index is 0.0429. The summed E-state index contributed by atoms with van der Waals surface area (Å²) in [6.45, 7) is 0.560. The fraction of sp³-hybridized carbons (Fsp3) is 0.562. The van der Waals surface area contributed by atoms with E-state index in [-0.39, 0.29) is 22.9 Å². The second-order valence-electron chi connectivity index (χ2n) is 6.43. The molecule has 2 saturated carbocycles. The van der Waals surface area contributed by atoms with Crippen LogP contribution in [-0.2, 0) is 10.0 Å². The van der Waals surface area contributed by atoms with Crippen molar-refractivity contribution < 1.29 is 13.2 Å². The van der Waals surface area contributed by atoms with Gasteiger partial charge in [-0.1, -0.05) is 12.5 Å². The van der Waals surface area contributed by atoms with E-state index in [2.05, 4.69) is 10.0 Å². The Morgan fingerprint density at radius 2 is 2.00 bits per heavy atom. The van der Waals surface area contributed by atoms with Gasteiger partial charge >= 0.3 is 0 Å². The van der Waals surface area contributed by atoms with Crippen molar-refractivity contribution >= 4 is 15.9 Å². The molecule has 0 radical (unpaired) electrons. The predicted octanol–water partition coefficient (Wildman–Crippen LogP) is 0.985. The van der Waals surface area contributed by atoms with E-state index >= 15 is 0 Å². The molecule has 2 atom stereocenters. The maximum Gasteiger partial charge on any atom is 0.251 e. The van der Waals surface area contributed by atoms with Gasteiger partial charge in [-0.2, -0.15) is 0 Å². The van der Waals surface area contributed by atoms with E-state index in [0.29, 0.717) is 18.0 Å². The van der Waals surface area contributed by atoms with Crippen LogP contribution in [0.25, 0.3) is 0 Å². The summed E-state index contributed by atoms with van der Waals surface area (Å²) in [5, 5.41) is 2.99. The van der Waals surface area contributed by atoms with Crippen molar-refractivity contribution in [2.45, 2.75) is 49.1 Å². The molecule has 4 N–H and O–H groups in total. The molecule has 0 aromatic heterocycles. The highest BCUT2D eigenvalue weighted by Crippen LogP contribution is 2.25. The number of carbonyl (C=O) groups is 1. The van der Waals surface area contributed by atoms with Crippen molar-refractivity contribution in [1.82, 2.24) is 10.0 Å². The lowest BCUT2D eigenvalue weighted by molar-refractivity contribution is 0.0928. The number of carbonyl (C=O) groups excluding carboxylic acids is 1. The molecule has 2 fully saturated rings. The average Bonchev–Trinajstić information content (AvgIpc) is 3.22. The van der Waals surface area contributed by atoms with Crippen LogP contribution in [0, 0.1) is 5.92 Å². The first-order valence-corrected chi connectivity index (χ1v) is 9.61. The molecule has 2 aliphatic carbocycles. The van der Waals surface area contributed by atoms with Crippen molar-refractivity contribution in [1.29, 1.82) is 0 Å². The summed E-state index contributed by atoms with van der Waals surface area (Å²) in [4.78, 5) is 12.5. The normalized spacial score (nSPS) is 24.6. The van der Waals surface area contributed by atoms with E-state index in [1.807, 2.05) is 0 Å². The number of amides is 1. The Morgan fingerprint density at radius 1 is 1.22 bits per heavy atom. The maximum atomic E-state index is 12.4. The minimum atomic E-state index is -3.55. The fourth-order valence-corrected chi connectivity index (χ4v) is 4.40. The van der Waals surface area contributed by atoms with Crippen LogP contribution >= 0.6 is 0 Å². The highest BCUT2D eigenvalue weighted by Gasteiger charge is 2.29. The highest BCUT2D eigenvalue weighted by molar-refractivity contribution is 7.89. The van der Waals surface area contributed by atoms with Crippen LogP contribution in [0.2, 0.25) is 0 Å². The average molecular weight is 337 g/mol. The predicted molar refractivity (Wildman–Crippen MR) is 87.4 cm³/mol. The molecule has 6 nitrogen and oxygen atoms in total. The van der Waals surface area contributed by atoms with Crippen LogP contribution in [0.3, 0.4) is 0 Å². The van der Waals surface area contributed by atoms with Gasteiger partial charge in [0.05, 0.1) is 4.90 Å². The number of sulfonamides is 1. The summed E-state index contributed by atoms with van der Waals surface area (Å²) in [7, 11) is -3.55. The van der Waals surface area contributed by atoms with Crippen LogP contribution in [0.15, 0.2) is 29.2 Å². The topological polar surface area (TPSA) is 101 Å². The third kappa shape index (κ3) is 3.91. The molecule has 0 bridgehead atoms. The van der Waals surface area contributed by atoms with E-state index in [9.17, 15) is 13.2 Å². The lowest BCUT2D eigenvalue weighted by Crippen LogP contribution is -2.39. The molecule has 1 amide bonds. The quantitative estimate of drug-likeness (QED) is 0.720. The van der Waals surface area contributed by atoms with E-state index < -0.39 is 10.0 Å². The Morgan fingerprint density at radius 3 is 2.70 bits per heavy atom. The number of rotatable bonds is 6. The smallest absolute Gasteiger partial charge is 0.251 e. The third-order valence-corrected chi connectivity index (χ3v) is 6.10. The molecule has 0 heterocycles. The van der Waals surface area contributed by atoms with Gasteiger partial charge in [-0.05, 0) is 56.3 Å². The molecular weight excluding hydrogens is 314 g/mol. The third-order valence-electron chi connectivity index (χ3n) is 4.58. The Kier molecular flexibility index (Phi) is 4.70. The molecule has 23 heavy (non-hydrogen) atoms. The summed E-state index contributed by atoms with van der Waals surface area (Å²) in [5.41, 5.74) is 6.10. The van der Waals surface area contributed by atoms with Crippen LogP contribution in [0.4, 0.5) is 0 Å². The van der Waals surface area contributed by atoms with Crippen molar-refractivity contribution in [2.75, 3.05) is 6.54 Å². The molecule has 2 unspecified atom stereocenters. The first-order valence-electron chi connectivity index (χ1n) is 8.13. The van der Waals surface area contributed by atoms with Crippen molar-refractivity contribution in [2.24, 2.45) is 11.7 Å². The van der Waals surface area contributed by atoms with Gasteiger partial charge < -0.3 is 11.1 Å². The van der Waals surface area contributed by atoms with Crippen molar-refractivity contribution in [3.63, 3.8) is 0 Å². The Hall–Kier alpha value is -1.44. The molecule has 126 valence electrons.